The van der Waals surface area contributed by atoms with Gasteiger partial charge in [0.05, 0.1) is 7.11 Å². The van der Waals surface area contributed by atoms with E-state index in [-0.39, 0.29) is 5.91 Å². The number of piperidine rings is 1. The number of aromatic nitrogens is 1. The van der Waals surface area contributed by atoms with Gasteiger partial charge in [0.1, 0.15) is 5.76 Å². The maximum atomic E-state index is 12.3. The first-order chi connectivity index (χ1) is 10.3. The highest BCUT2D eigenvalue weighted by Gasteiger charge is 2.21. The van der Waals surface area contributed by atoms with Crippen LogP contribution in [0.5, 0.6) is 5.88 Å². The van der Waals surface area contributed by atoms with Crippen LogP contribution in [0.2, 0.25) is 0 Å². The number of nitrogens with zero attached hydrogens (tertiary/aromatic N) is 2. The first-order valence-corrected chi connectivity index (χ1v) is 7.17. The molecule has 3 heterocycles. The molecule has 3 rings (SSSR count). The number of hydrogen-bond acceptors (Lipinski definition) is 4. The molecule has 1 amide bonds. The van der Waals surface area contributed by atoms with Crippen molar-refractivity contribution in [1.82, 2.24) is 9.88 Å². The SMILES string of the molecule is COc1ccc(-c2ccc(C(=O)N3CCCCC3)o2)cn1. The Morgan fingerprint density at radius 2 is 2.00 bits per heavy atom. The summed E-state index contributed by atoms with van der Waals surface area (Å²) < 4.78 is 10.7. The topological polar surface area (TPSA) is 55.6 Å². The second-order valence-corrected chi connectivity index (χ2v) is 5.11. The normalized spacial score (nSPS) is 15.0. The quantitative estimate of drug-likeness (QED) is 0.870. The largest absolute Gasteiger partial charge is 0.481 e. The summed E-state index contributed by atoms with van der Waals surface area (Å²) in [6, 6.07) is 7.17. The third kappa shape index (κ3) is 2.91. The van der Waals surface area contributed by atoms with Crippen LogP contribution in [0, 0.1) is 0 Å². The highest BCUT2D eigenvalue weighted by atomic mass is 16.5. The fourth-order valence-corrected chi connectivity index (χ4v) is 2.51. The number of rotatable bonds is 3. The Labute approximate surface area is 123 Å². The summed E-state index contributed by atoms with van der Waals surface area (Å²) in [5.74, 6) is 1.56. The Morgan fingerprint density at radius 1 is 1.19 bits per heavy atom. The third-order valence-electron chi connectivity index (χ3n) is 3.69. The van der Waals surface area contributed by atoms with Crippen molar-refractivity contribution in [3.05, 3.63) is 36.2 Å². The molecule has 0 unspecified atom stereocenters. The van der Waals surface area contributed by atoms with Crippen LogP contribution in [0.4, 0.5) is 0 Å². The summed E-state index contributed by atoms with van der Waals surface area (Å²) in [4.78, 5) is 18.3. The van der Waals surface area contributed by atoms with Gasteiger partial charge in [-0.3, -0.25) is 4.79 Å². The molecular weight excluding hydrogens is 268 g/mol. The first-order valence-electron chi connectivity index (χ1n) is 7.17. The minimum absolute atomic E-state index is 0.0255. The lowest BCUT2D eigenvalue weighted by Gasteiger charge is -2.25. The number of furan rings is 1. The second-order valence-electron chi connectivity index (χ2n) is 5.11. The third-order valence-corrected chi connectivity index (χ3v) is 3.69. The Kier molecular flexibility index (Phi) is 3.90. The molecule has 1 aliphatic heterocycles. The molecule has 0 bridgehead atoms. The number of methoxy groups -OCH3 is 1. The molecule has 0 aromatic carbocycles. The van der Waals surface area contributed by atoms with E-state index in [1.807, 2.05) is 11.0 Å². The van der Waals surface area contributed by atoms with E-state index in [0.717, 1.165) is 31.5 Å². The summed E-state index contributed by atoms with van der Waals surface area (Å²) in [7, 11) is 1.57. The van der Waals surface area contributed by atoms with Crippen molar-refractivity contribution >= 4 is 5.91 Å². The summed E-state index contributed by atoms with van der Waals surface area (Å²) >= 11 is 0. The van der Waals surface area contributed by atoms with Gasteiger partial charge >= 0.3 is 0 Å². The molecule has 0 saturated carbocycles. The van der Waals surface area contributed by atoms with E-state index in [4.69, 9.17) is 9.15 Å². The maximum absolute atomic E-state index is 12.3. The van der Waals surface area contributed by atoms with Gasteiger partial charge in [-0.25, -0.2) is 4.98 Å². The highest BCUT2D eigenvalue weighted by molar-refractivity contribution is 5.92. The van der Waals surface area contributed by atoms with Gasteiger partial charge in [-0.15, -0.1) is 0 Å². The van der Waals surface area contributed by atoms with Crippen molar-refractivity contribution in [2.45, 2.75) is 19.3 Å². The van der Waals surface area contributed by atoms with Crippen LogP contribution in [-0.4, -0.2) is 36.0 Å². The maximum Gasteiger partial charge on any atom is 0.289 e. The van der Waals surface area contributed by atoms with Gasteiger partial charge in [-0.2, -0.15) is 0 Å². The monoisotopic (exact) mass is 286 g/mol. The molecule has 0 aliphatic carbocycles. The summed E-state index contributed by atoms with van der Waals surface area (Å²) in [6.45, 7) is 1.64. The molecular formula is C16H18N2O3. The number of ether oxygens (including phenoxy) is 1. The highest BCUT2D eigenvalue weighted by Crippen LogP contribution is 2.24. The van der Waals surface area contributed by atoms with Crippen LogP contribution >= 0.6 is 0 Å². The van der Waals surface area contributed by atoms with Crippen molar-refractivity contribution in [2.75, 3.05) is 20.2 Å². The molecule has 0 radical (unpaired) electrons. The van der Waals surface area contributed by atoms with E-state index in [1.165, 1.54) is 6.42 Å². The van der Waals surface area contributed by atoms with Gasteiger partial charge in [0.15, 0.2) is 5.76 Å². The van der Waals surface area contributed by atoms with E-state index in [1.54, 1.807) is 31.5 Å². The van der Waals surface area contributed by atoms with Gasteiger partial charge in [-0.05, 0) is 37.5 Å². The standard InChI is InChI=1S/C16H18N2O3/c1-20-15-8-5-12(11-17-15)13-6-7-14(21-13)16(19)18-9-3-2-4-10-18/h5-8,11H,2-4,9-10H2,1H3. The molecule has 5 nitrogen and oxygen atoms in total. The number of hydrogen-bond donors (Lipinski definition) is 0. The zero-order valence-electron chi connectivity index (χ0n) is 12.0. The van der Waals surface area contributed by atoms with E-state index in [0.29, 0.717) is 17.4 Å². The smallest absolute Gasteiger partial charge is 0.289 e. The zero-order chi connectivity index (χ0) is 14.7. The minimum atomic E-state index is -0.0255. The van der Waals surface area contributed by atoms with E-state index >= 15 is 0 Å². The predicted octanol–water partition coefficient (Wildman–Crippen LogP) is 2.98. The van der Waals surface area contributed by atoms with E-state index < -0.39 is 0 Å². The summed E-state index contributed by atoms with van der Waals surface area (Å²) in [5.41, 5.74) is 0.827. The first kappa shape index (κ1) is 13.7. The molecule has 0 atom stereocenters. The molecule has 1 saturated heterocycles. The van der Waals surface area contributed by atoms with Gasteiger partial charge in [0.25, 0.3) is 5.91 Å². The van der Waals surface area contributed by atoms with Crippen LogP contribution in [-0.2, 0) is 0 Å². The lowest BCUT2D eigenvalue weighted by molar-refractivity contribution is 0.0693. The van der Waals surface area contributed by atoms with Crippen molar-refractivity contribution in [1.29, 1.82) is 0 Å². The summed E-state index contributed by atoms with van der Waals surface area (Å²) in [5, 5.41) is 0. The van der Waals surface area contributed by atoms with Crippen molar-refractivity contribution < 1.29 is 13.9 Å². The predicted molar refractivity (Wildman–Crippen MR) is 78.2 cm³/mol. The lowest BCUT2D eigenvalue weighted by Crippen LogP contribution is -2.35. The molecule has 5 heteroatoms. The van der Waals surface area contributed by atoms with Crippen LogP contribution in [0.15, 0.2) is 34.9 Å². The van der Waals surface area contributed by atoms with Gasteiger partial charge in [-0.1, -0.05) is 0 Å². The van der Waals surface area contributed by atoms with Crippen LogP contribution in [0.1, 0.15) is 29.8 Å². The zero-order valence-corrected chi connectivity index (χ0v) is 12.0. The van der Waals surface area contributed by atoms with Crippen molar-refractivity contribution in [2.24, 2.45) is 0 Å². The lowest BCUT2D eigenvalue weighted by atomic mass is 10.1. The number of amides is 1. The molecule has 1 fully saturated rings. The molecule has 0 N–H and O–H groups in total. The number of pyridine rings is 1. The average Bonchev–Trinajstić information content (AvgIpc) is 3.05. The van der Waals surface area contributed by atoms with Gasteiger partial charge in [0, 0.05) is 30.9 Å². The van der Waals surface area contributed by atoms with E-state index in [9.17, 15) is 4.79 Å². The van der Waals surface area contributed by atoms with Crippen molar-refractivity contribution in [3.63, 3.8) is 0 Å². The molecule has 2 aromatic heterocycles. The fourth-order valence-electron chi connectivity index (χ4n) is 2.51. The van der Waals surface area contributed by atoms with E-state index in [2.05, 4.69) is 4.98 Å². The minimum Gasteiger partial charge on any atom is -0.481 e. The number of carbonyl (C=O) groups excluding carboxylic acids is 1. The Hall–Kier alpha value is -2.30. The molecule has 2 aromatic rings. The van der Waals surface area contributed by atoms with Gasteiger partial charge < -0.3 is 14.1 Å². The van der Waals surface area contributed by atoms with Crippen LogP contribution in [0.3, 0.4) is 0 Å². The summed E-state index contributed by atoms with van der Waals surface area (Å²) in [6.07, 6.45) is 5.01. The van der Waals surface area contributed by atoms with Crippen LogP contribution < -0.4 is 4.74 Å². The second kappa shape index (κ2) is 5.99. The Bertz CT molecular complexity index is 613. The van der Waals surface area contributed by atoms with Crippen LogP contribution in [0.25, 0.3) is 11.3 Å². The molecule has 0 spiro atoms. The fraction of sp³-hybridized carbons (Fsp3) is 0.375. The Balaban J connectivity index is 1.77. The molecule has 1 aliphatic rings. The molecule has 21 heavy (non-hydrogen) atoms. The average molecular weight is 286 g/mol. The Morgan fingerprint density at radius 3 is 2.67 bits per heavy atom. The number of likely N-dealkylation sites (tertiary alicyclic amines) is 1. The molecule has 110 valence electrons. The van der Waals surface area contributed by atoms with Gasteiger partial charge in [0.2, 0.25) is 5.88 Å². The number of carbonyl (C=O) groups is 1. The van der Waals surface area contributed by atoms with Crippen molar-refractivity contribution in [3.8, 4) is 17.2 Å².